The summed E-state index contributed by atoms with van der Waals surface area (Å²) in [5, 5.41) is 3.49. The zero-order valence-electron chi connectivity index (χ0n) is 7.62. The number of hydrogen-bond donors (Lipinski definition) is 1. The molecular weight excluding hydrogens is 208 g/mol. The Morgan fingerprint density at radius 3 is 2.69 bits per heavy atom. The van der Waals surface area contributed by atoms with E-state index in [9.17, 15) is 8.42 Å². The molecule has 1 heterocycles. The van der Waals surface area contributed by atoms with E-state index in [1.54, 1.807) is 7.05 Å². The molecule has 0 atom stereocenters. The van der Waals surface area contributed by atoms with Crippen LogP contribution in [0.2, 0.25) is 0 Å². The van der Waals surface area contributed by atoms with Crippen molar-refractivity contribution < 1.29 is 8.42 Å². The highest BCUT2D eigenvalue weighted by Gasteiger charge is 2.19. The molecule has 0 unspecified atom stereocenters. The van der Waals surface area contributed by atoms with E-state index in [1.165, 1.54) is 0 Å². The van der Waals surface area contributed by atoms with E-state index >= 15 is 0 Å². The smallest absolute Gasteiger partial charge is 0.168 e. The third-order valence-corrected chi connectivity index (χ3v) is 4.23. The van der Waals surface area contributed by atoms with Crippen molar-refractivity contribution in [1.82, 2.24) is 10.2 Å². The molecule has 0 aromatic rings. The highest BCUT2D eigenvalue weighted by atomic mass is 32.2. The molecule has 0 spiro atoms. The van der Waals surface area contributed by atoms with Gasteiger partial charge in [-0.3, -0.25) is 0 Å². The minimum absolute atomic E-state index is 0.217. The first-order valence-electron chi connectivity index (χ1n) is 4.22. The molecule has 1 aliphatic heterocycles. The standard InChI is InChI=1S/C7H14N2O2S2/c1-8-7(12)9-3-2-5-13(10,11)6-4-9/h2-6H2,1H3,(H,8,12). The van der Waals surface area contributed by atoms with Gasteiger partial charge in [0.15, 0.2) is 14.9 Å². The van der Waals surface area contributed by atoms with Crippen LogP contribution in [0.25, 0.3) is 0 Å². The summed E-state index contributed by atoms with van der Waals surface area (Å²) in [4.78, 5) is 1.90. The molecule has 0 aromatic heterocycles. The number of sulfone groups is 1. The molecule has 0 radical (unpaired) electrons. The molecule has 0 saturated carbocycles. The first-order chi connectivity index (χ1) is 6.05. The largest absolute Gasteiger partial charge is 0.366 e. The fourth-order valence-electron chi connectivity index (χ4n) is 1.30. The minimum Gasteiger partial charge on any atom is -0.366 e. The van der Waals surface area contributed by atoms with Gasteiger partial charge in [0.05, 0.1) is 11.5 Å². The second-order valence-electron chi connectivity index (χ2n) is 3.05. The summed E-state index contributed by atoms with van der Waals surface area (Å²) >= 11 is 5.03. The fraction of sp³-hybridized carbons (Fsp3) is 0.857. The van der Waals surface area contributed by atoms with Crippen molar-refractivity contribution in [2.75, 3.05) is 31.6 Å². The Balaban J connectivity index is 2.60. The van der Waals surface area contributed by atoms with Crippen molar-refractivity contribution in [2.24, 2.45) is 0 Å². The molecular formula is C7H14N2O2S2. The van der Waals surface area contributed by atoms with Crippen molar-refractivity contribution in [1.29, 1.82) is 0 Å². The predicted molar refractivity (Wildman–Crippen MR) is 56.5 cm³/mol. The van der Waals surface area contributed by atoms with Crippen LogP contribution in [0.3, 0.4) is 0 Å². The maximum absolute atomic E-state index is 11.2. The fourth-order valence-corrected chi connectivity index (χ4v) is 2.75. The molecule has 1 aliphatic rings. The van der Waals surface area contributed by atoms with Crippen LogP contribution in [-0.2, 0) is 9.84 Å². The summed E-state index contributed by atoms with van der Waals surface area (Å²) in [5.74, 6) is 0.505. The number of nitrogens with zero attached hydrogens (tertiary/aromatic N) is 1. The summed E-state index contributed by atoms with van der Waals surface area (Å²) in [6.07, 6.45) is 0.671. The molecule has 6 heteroatoms. The van der Waals surface area contributed by atoms with E-state index in [4.69, 9.17) is 12.2 Å². The Morgan fingerprint density at radius 1 is 1.38 bits per heavy atom. The normalized spacial score (nSPS) is 22.1. The molecule has 0 bridgehead atoms. The van der Waals surface area contributed by atoms with Gasteiger partial charge in [0.25, 0.3) is 0 Å². The van der Waals surface area contributed by atoms with E-state index in [-0.39, 0.29) is 11.5 Å². The first kappa shape index (κ1) is 10.7. The second-order valence-corrected chi connectivity index (χ2v) is 5.74. The molecule has 13 heavy (non-hydrogen) atoms. The Morgan fingerprint density at radius 2 is 2.08 bits per heavy atom. The van der Waals surface area contributed by atoms with Crippen LogP contribution in [-0.4, -0.2) is 50.1 Å². The lowest BCUT2D eigenvalue weighted by molar-refractivity contribution is 0.445. The van der Waals surface area contributed by atoms with Gasteiger partial charge in [0, 0.05) is 20.1 Å². The molecule has 1 rings (SSSR count). The average molecular weight is 222 g/mol. The molecule has 1 N–H and O–H groups in total. The summed E-state index contributed by atoms with van der Waals surface area (Å²) in [6.45, 7) is 1.25. The van der Waals surface area contributed by atoms with E-state index in [2.05, 4.69) is 5.32 Å². The van der Waals surface area contributed by atoms with Crippen molar-refractivity contribution in [3.05, 3.63) is 0 Å². The highest BCUT2D eigenvalue weighted by molar-refractivity contribution is 7.91. The Labute approximate surface area is 84.2 Å². The number of nitrogens with one attached hydrogen (secondary N) is 1. The van der Waals surface area contributed by atoms with E-state index in [0.717, 1.165) is 6.54 Å². The average Bonchev–Trinajstić information content (AvgIpc) is 2.25. The van der Waals surface area contributed by atoms with Crippen molar-refractivity contribution in [3.8, 4) is 0 Å². The van der Waals surface area contributed by atoms with Gasteiger partial charge in [-0.15, -0.1) is 0 Å². The van der Waals surface area contributed by atoms with Crippen LogP contribution >= 0.6 is 12.2 Å². The van der Waals surface area contributed by atoms with Crippen molar-refractivity contribution in [3.63, 3.8) is 0 Å². The molecule has 0 amide bonds. The van der Waals surface area contributed by atoms with Crippen LogP contribution in [0.15, 0.2) is 0 Å². The van der Waals surface area contributed by atoms with Gasteiger partial charge in [0.2, 0.25) is 0 Å². The number of thiocarbonyl (C=S) groups is 1. The van der Waals surface area contributed by atoms with Gasteiger partial charge in [-0.05, 0) is 18.6 Å². The second kappa shape index (κ2) is 4.23. The molecule has 76 valence electrons. The van der Waals surface area contributed by atoms with Gasteiger partial charge in [-0.2, -0.15) is 0 Å². The van der Waals surface area contributed by atoms with Gasteiger partial charge in [-0.25, -0.2) is 8.42 Å². The van der Waals surface area contributed by atoms with Crippen LogP contribution in [0.1, 0.15) is 6.42 Å². The lowest BCUT2D eigenvalue weighted by Crippen LogP contribution is -2.39. The van der Waals surface area contributed by atoms with E-state index < -0.39 is 9.84 Å². The zero-order chi connectivity index (χ0) is 9.90. The molecule has 1 fully saturated rings. The summed E-state index contributed by atoms with van der Waals surface area (Å²) < 4.78 is 22.5. The third kappa shape index (κ3) is 3.11. The summed E-state index contributed by atoms with van der Waals surface area (Å²) in [5.41, 5.74) is 0. The summed E-state index contributed by atoms with van der Waals surface area (Å²) in [6, 6.07) is 0. The van der Waals surface area contributed by atoms with E-state index in [1.807, 2.05) is 4.90 Å². The van der Waals surface area contributed by atoms with Crippen molar-refractivity contribution in [2.45, 2.75) is 6.42 Å². The maximum atomic E-state index is 11.2. The highest BCUT2D eigenvalue weighted by Crippen LogP contribution is 2.04. The first-order valence-corrected chi connectivity index (χ1v) is 6.45. The molecule has 1 saturated heterocycles. The number of hydrogen-bond acceptors (Lipinski definition) is 3. The number of rotatable bonds is 0. The predicted octanol–water partition coefficient (Wildman–Crippen LogP) is -0.389. The van der Waals surface area contributed by atoms with Gasteiger partial charge < -0.3 is 10.2 Å². The Bertz CT molecular complexity index is 287. The minimum atomic E-state index is -2.82. The lowest BCUT2D eigenvalue weighted by Gasteiger charge is -2.21. The van der Waals surface area contributed by atoms with Crippen molar-refractivity contribution >= 4 is 27.2 Å². The summed E-state index contributed by atoms with van der Waals surface area (Å²) in [7, 11) is -1.07. The lowest BCUT2D eigenvalue weighted by atomic mass is 10.4. The quantitative estimate of drug-likeness (QED) is 0.566. The molecule has 0 aromatic carbocycles. The topological polar surface area (TPSA) is 49.4 Å². The Hall–Kier alpha value is -0.360. The van der Waals surface area contributed by atoms with Crippen LogP contribution in [0, 0.1) is 0 Å². The zero-order valence-corrected chi connectivity index (χ0v) is 9.25. The van der Waals surface area contributed by atoms with Gasteiger partial charge in [-0.1, -0.05) is 0 Å². The molecule has 4 nitrogen and oxygen atoms in total. The maximum Gasteiger partial charge on any atom is 0.168 e. The Kier molecular flexibility index (Phi) is 3.49. The van der Waals surface area contributed by atoms with E-state index in [0.29, 0.717) is 18.1 Å². The van der Waals surface area contributed by atoms with Crippen LogP contribution < -0.4 is 5.32 Å². The SMILES string of the molecule is CNC(=S)N1CCCS(=O)(=O)CC1. The molecule has 0 aliphatic carbocycles. The van der Waals surface area contributed by atoms with Gasteiger partial charge in [0.1, 0.15) is 0 Å². The van der Waals surface area contributed by atoms with Crippen LogP contribution in [0.5, 0.6) is 0 Å². The monoisotopic (exact) mass is 222 g/mol. The van der Waals surface area contributed by atoms with Crippen LogP contribution in [0.4, 0.5) is 0 Å². The van der Waals surface area contributed by atoms with Gasteiger partial charge >= 0.3 is 0 Å². The third-order valence-electron chi connectivity index (χ3n) is 2.06.